The lowest BCUT2D eigenvalue weighted by molar-refractivity contribution is 0.232. The second-order valence-electron chi connectivity index (χ2n) is 3.84. The van der Waals surface area contributed by atoms with E-state index in [0.29, 0.717) is 11.6 Å². The molecule has 0 bridgehead atoms. The van der Waals surface area contributed by atoms with Crippen molar-refractivity contribution in [3.63, 3.8) is 0 Å². The summed E-state index contributed by atoms with van der Waals surface area (Å²) in [4.78, 5) is 0. The van der Waals surface area contributed by atoms with Crippen molar-refractivity contribution in [3.8, 4) is 11.6 Å². The van der Waals surface area contributed by atoms with Crippen LogP contribution in [0.5, 0.6) is 5.88 Å². The predicted molar refractivity (Wildman–Crippen MR) is 63.7 cm³/mol. The molecule has 0 atom stereocenters. The van der Waals surface area contributed by atoms with Crippen molar-refractivity contribution in [2.24, 2.45) is 0 Å². The van der Waals surface area contributed by atoms with Crippen molar-refractivity contribution in [2.75, 3.05) is 5.73 Å². The zero-order valence-corrected chi connectivity index (χ0v) is 9.42. The van der Waals surface area contributed by atoms with E-state index < -0.39 is 0 Å². The molecule has 1 aromatic carbocycles. The van der Waals surface area contributed by atoms with E-state index in [-0.39, 0.29) is 6.10 Å². The first kappa shape index (κ1) is 10.5. The van der Waals surface area contributed by atoms with E-state index >= 15 is 0 Å². The fourth-order valence-electron chi connectivity index (χ4n) is 1.40. The number of nitrogens with two attached hydrogens (primary N) is 1. The van der Waals surface area contributed by atoms with Crippen LogP contribution in [0.4, 0.5) is 5.69 Å². The molecule has 0 spiro atoms. The highest BCUT2D eigenvalue weighted by Gasteiger charge is 2.09. The Morgan fingerprint density at radius 3 is 2.56 bits per heavy atom. The summed E-state index contributed by atoms with van der Waals surface area (Å²) in [6.07, 6.45) is 1.83. The maximum Gasteiger partial charge on any atom is 0.256 e. The molecule has 4 heteroatoms. The van der Waals surface area contributed by atoms with Crippen LogP contribution in [-0.4, -0.2) is 15.9 Å². The third-order valence-electron chi connectivity index (χ3n) is 2.07. The van der Waals surface area contributed by atoms with Crippen LogP contribution in [0.25, 0.3) is 5.69 Å². The van der Waals surface area contributed by atoms with Crippen molar-refractivity contribution in [2.45, 2.75) is 20.0 Å². The number of nitrogens with zero attached hydrogens (tertiary/aromatic N) is 2. The summed E-state index contributed by atoms with van der Waals surface area (Å²) in [5, 5.41) is 4.29. The highest BCUT2D eigenvalue weighted by atomic mass is 16.5. The van der Waals surface area contributed by atoms with E-state index in [1.54, 1.807) is 10.9 Å². The predicted octanol–water partition coefficient (Wildman–Crippen LogP) is 2.24. The number of hydrogen-bond donors (Lipinski definition) is 1. The van der Waals surface area contributed by atoms with Gasteiger partial charge < -0.3 is 10.5 Å². The molecule has 0 radical (unpaired) electrons. The molecule has 0 saturated heterocycles. The Morgan fingerprint density at radius 1 is 1.25 bits per heavy atom. The van der Waals surface area contributed by atoms with Gasteiger partial charge in [-0.05, 0) is 26.0 Å². The Balaban J connectivity index is 2.31. The first-order valence-electron chi connectivity index (χ1n) is 5.24. The van der Waals surface area contributed by atoms with Gasteiger partial charge in [0.2, 0.25) is 0 Å². The maximum absolute atomic E-state index is 5.82. The summed E-state index contributed by atoms with van der Waals surface area (Å²) in [5.74, 6) is 0.485. The van der Waals surface area contributed by atoms with Crippen LogP contribution < -0.4 is 10.5 Å². The molecule has 1 heterocycles. The van der Waals surface area contributed by atoms with Crippen molar-refractivity contribution < 1.29 is 4.74 Å². The Labute approximate surface area is 94.6 Å². The largest absolute Gasteiger partial charge is 0.472 e. The number of hydrogen-bond acceptors (Lipinski definition) is 3. The van der Waals surface area contributed by atoms with Crippen LogP contribution in [-0.2, 0) is 0 Å². The van der Waals surface area contributed by atoms with Crippen LogP contribution in [0.15, 0.2) is 36.5 Å². The fraction of sp³-hybridized carbons (Fsp3) is 0.250. The molecule has 2 N–H and O–H groups in total. The summed E-state index contributed by atoms with van der Waals surface area (Å²) < 4.78 is 7.21. The number of nitrogen functional groups attached to an aromatic ring is 1. The number of ether oxygens (including phenoxy) is 1. The third-order valence-corrected chi connectivity index (χ3v) is 2.07. The second-order valence-corrected chi connectivity index (χ2v) is 3.84. The van der Waals surface area contributed by atoms with Gasteiger partial charge in [0.25, 0.3) is 5.88 Å². The summed E-state index contributed by atoms with van der Waals surface area (Å²) in [5.41, 5.74) is 7.34. The van der Waals surface area contributed by atoms with Gasteiger partial charge in [0.15, 0.2) is 0 Å². The molecule has 0 aliphatic heterocycles. The van der Waals surface area contributed by atoms with Gasteiger partial charge in [-0.25, -0.2) is 4.68 Å². The molecule has 1 aromatic heterocycles. The molecular weight excluding hydrogens is 202 g/mol. The van der Waals surface area contributed by atoms with Gasteiger partial charge in [0.05, 0.1) is 18.0 Å². The molecular formula is C12H15N3O. The van der Waals surface area contributed by atoms with Crippen molar-refractivity contribution >= 4 is 5.69 Å². The first-order chi connectivity index (χ1) is 7.66. The van der Waals surface area contributed by atoms with Crippen molar-refractivity contribution in [1.82, 2.24) is 9.78 Å². The second kappa shape index (κ2) is 4.26. The lowest BCUT2D eigenvalue weighted by atomic mass is 10.3. The monoisotopic (exact) mass is 217 g/mol. The van der Waals surface area contributed by atoms with Crippen LogP contribution in [0, 0.1) is 0 Å². The molecule has 84 valence electrons. The average Bonchev–Trinajstić information content (AvgIpc) is 2.61. The van der Waals surface area contributed by atoms with Gasteiger partial charge in [0, 0.05) is 0 Å². The van der Waals surface area contributed by atoms with Crippen molar-refractivity contribution in [3.05, 3.63) is 36.5 Å². The van der Waals surface area contributed by atoms with Crippen LogP contribution >= 0.6 is 0 Å². The minimum atomic E-state index is 0.0708. The third kappa shape index (κ3) is 2.16. The molecule has 0 saturated carbocycles. The highest BCUT2D eigenvalue weighted by molar-refractivity contribution is 5.48. The molecule has 0 amide bonds. The molecule has 0 aliphatic carbocycles. The van der Waals surface area contributed by atoms with Gasteiger partial charge in [-0.15, -0.1) is 5.10 Å². The summed E-state index contributed by atoms with van der Waals surface area (Å²) in [6, 6.07) is 9.80. The topological polar surface area (TPSA) is 53.1 Å². The smallest absolute Gasteiger partial charge is 0.256 e. The number of benzene rings is 1. The van der Waals surface area contributed by atoms with E-state index in [1.807, 2.05) is 44.2 Å². The van der Waals surface area contributed by atoms with Gasteiger partial charge in [-0.3, -0.25) is 0 Å². The number of rotatable bonds is 3. The Hall–Kier alpha value is -1.97. The molecule has 2 aromatic rings. The number of para-hydroxylation sites is 1. The Kier molecular flexibility index (Phi) is 2.81. The lowest BCUT2D eigenvalue weighted by Gasteiger charge is -2.06. The Bertz CT molecular complexity index is 462. The zero-order chi connectivity index (χ0) is 11.5. The van der Waals surface area contributed by atoms with E-state index in [9.17, 15) is 0 Å². The van der Waals surface area contributed by atoms with E-state index in [1.165, 1.54) is 0 Å². The van der Waals surface area contributed by atoms with Gasteiger partial charge in [-0.2, -0.15) is 0 Å². The SMILES string of the molecule is CC(C)Oc1nn(-c2ccccc2)cc1N. The van der Waals surface area contributed by atoms with Gasteiger partial charge in [-0.1, -0.05) is 18.2 Å². The van der Waals surface area contributed by atoms with E-state index in [2.05, 4.69) is 5.10 Å². The summed E-state index contributed by atoms with van der Waals surface area (Å²) >= 11 is 0. The first-order valence-corrected chi connectivity index (χ1v) is 5.24. The number of anilines is 1. The van der Waals surface area contributed by atoms with Crippen LogP contribution in [0.2, 0.25) is 0 Å². The standard InChI is InChI=1S/C12H15N3O/c1-9(2)16-12-11(13)8-15(14-12)10-6-4-3-5-7-10/h3-9H,13H2,1-2H3. The normalized spacial score (nSPS) is 10.7. The minimum absolute atomic E-state index is 0.0708. The maximum atomic E-state index is 5.82. The molecule has 0 fully saturated rings. The summed E-state index contributed by atoms with van der Waals surface area (Å²) in [6.45, 7) is 3.89. The fourth-order valence-corrected chi connectivity index (χ4v) is 1.40. The average molecular weight is 217 g/mol. The van der Waals surface area contributed by atoms with Gasteiger partial charge in [0.1, 0.15) is 5.69 Å². The van der Waals surface area contributed by atoms with E-state index in [4.69, 9.17) is 10.5 Å². The van der Waals surface area contributed by atoms with Gasteiger partial charge >= 0.3 is 0 Å². The van der Waals surface area contributed by atoms with Crippen LogP contribution in [0.3, 0.4) is 0 Å². The van der Waals surface area contributed by atoms with Crippen LogP contribution in [0.1, 0.15) is 13.8 Å². The molecule has 2 rings (SSSR count). The minimum Gasteiger partial charge on any atom is -0.472 e. The summed E-state index contributed by atoms with van der Waals surface area (Å²) in [7, 11) is 0. The lowest BCUT2D eigenvalue weighted by Crippen LogP contribution is -2.07. The Morgan fingerprint density at radius 2 is 1.94 bits per heavy atom. The molecule has 0 aliphatic rings. The number of aromatic nitrogens is 2. The zero-order valence-electron chi connectivity index (χ0n) is 9.42. The molecule has 4 nitrogen and oxygen atoms in total. The molecule has 0 unspecified atom stereocenters. The highest BCUT2D eigenvalue weighted by Crippen LogP contribution is 2.21. The quantitative estimate of drug-likeness (QED) is 0.857. The molecule has 16 heavy (non-hydrogen) atoms. The van der Waals surface area contributed by atoms with Crippen molar-refractivity contribution in [1.29, 1.82) is 0 Å². The van der Waals surface area contributed by atoms with E-state index in [0.717, 1.165) is 5.69 Å².